The first-order valence-corrected chi connectivity index (χ1v) is 6.02. The standard InChI is InChI=1S/C11H17F3N2O4/c1-10(8(17)18,11(12,13)14)15-9(19)16-5-3-4-7(6-16)20-2/h7H,3-6H2,1-2H3,(H,15,19)(H,17,18). The first-order chi connectivity index (χ1) is 9.11. The number of hydrogen-bond donors (Lipinski definition) is 2. The highest BCUT2D eigenvalue weighted by molar-refractivity contribution is 5.86. The van der Waals surface area contributed by atoms with Crippen molar-refractivity contribution in [1.82, 2.24) is 10.2 Å². The molecular weight excluding hydrogens is 281 g/mol. The summed E-state index contributed by atoms with van der Waals surface area (Å²) in [6.45, 7) is 0.820. The van der Waals surface area contributed by atoms with Crippen molar-refractivity contribution in [2.75, 3.05) is 20.2 Å². The smallest absolute Gasteiger partial charge is 0.422 e. The van der Waals surface area contributed by atoms with Gasteiger partial charge in [0.2, 0.25) is 5.54 Å². The topological polar surface area (TPSA) is 78.9 Å². The summed E-state index contributed by atoms with van der Waals surface area (Å²) in [6.07, 6.45) is -4.06. The molecule has 2 N–H and O–H groups in total. The number of halogens is 3. The quantitative estimate of drug-likeness (QED) is 0.821. The van der Waals surface area contributed by atoms with E-state index < -0.39 is 23.7 Å². The van der Waals surface area contributed by atoms with E-state index in [1.807, 2.05) is 0 Å². The third-order valence-corrected chi connectivity index (χ3v) is 3.35. The molecular formula is C11H17F3N2O4. The number of methoxy groups -OCH3 is 1. The number of aliphatic carboxylic acids is 1. The summed E-state index contributed by atoms with van der Waals surface area (Å²) in [7, 11) is 1.45. The number of carbonyl (C=O) groups excluding carboxylic acids is 1. The van der Waals surface area contributed by atoms with Crippen LogP contribution in [0.1, 0.15) is 19.8 Å². The van der Waals surface area contributed by atoms with Gasteiger partial charge in [-0.05, 0) is 19.8 Å². The minimum absolute atomic E-state index is 0.135. The molecule has 0 aromatic rings. The molecule has 1 aliphatic heterocycles. The van der Waals surface area contributed by atoms with Crippen LogP contribution in [0.25, 0.3) is 0 Å². The first kappa shape index (κ1) is 16.5. The SMILES string of the molecule is COC1CCCN(C(=O)NC(C)(C(=O)O)C(F)(F)F)C1. The summed E-state index contributed by atoms with van der Waals surface area (Å²) >= 11 is 0. The van der Waals surface area contributed by atoms with E-state index >= 15 is 0 Å². The van der Waals surface area contributed by atoms with Crippen LogP contribution in [0.4, 0.5) is 18.0 Å². The van der Waals surface area contributed by atoms with Gasteiger partial charge in [-0.25, -0.2) is 9.59 Å². The highest BCUT2D eigenvalue weighted by Crippen LogP contribution is 2.30. The number of carboxylic acid groups (broad SMARTS) is 1. The minimum atomic E-state index is -5.09. The van der Waals surface area contributed by atoms with Crippen molar-refractivity contribution < 1.29 is 32.6 Å². The van der Waals surface area contributed by atoms with Crippen LogP contribution in [0.3, 0.4) is 0 Å². The van der Waals surface area contributed by atoms with E-state index in [0.29, 0.717) is 19.8 Å². The number of nitrogens with zero attached hydrogens (tertiary/aromatic N) is 1. The fraction of sp³-hybridized carbons (Fsp3) is 0.818. The number of alkyl halides is 3. The third kappa shape index (κ3) is 3.33. The van der Waals surface area contributed by atoms with Crippen LogP contribution >= 0.6 is 0 Å². The van der Waals surface area contributed by atoms with Gasteiger partial charge >= 0.3 is 18.2 Å². The molecule has 6 nitrogen and oxygen atoms in total. The predicted molar refractivity (Wildman–Crippen MR) is 62.2 cm³/mol. The Hall–Kier alpha value is -1.51. The Morgan fingerprint density at radius 2 is 2.00 bits per heavy atom. The molecule has 0 spiro atoms. The Balaban J connectivity index is 2.79. The molecule has 1 fully saturated rings. The van der Waals surface area contributed by atoms with E-state index in [1.165, 1.54) is 7.11 Å². The number of carboxylic acids is 1. The van der Waals surface area contributed by atoms with E-state index in [-0.39, 0.29) is 19.2 Å². The number of ether oxygens (including phenoxy) is 1. The van der Waals surface area contributed by atoms with Crippen LogP contribution in [0.5, 0.6) is 0 Å². The lowest BCUT2D eigenvalue weighted by Gasteiger charge is -2.35. The molecule has 0 aromatic heterocycles. The Bertz CT molecular complexity index is 388. The fourth-order valence-electron chi connectivity index (χ4n) is 1.85. The molecule has 0 aliphatic carbocycles. The molecule has 2 atom stereocenters. The number of urea groups is 1. The maximum absolute atomic E-state index is 12.8. The first-order valence-electron chi connectivity index (χ1n) is 6.02. The average molecular weight is 298 g/mol. The van der Waals surface area contributed by atoms with Crippen molar-refractivity contribution in [3.05, 3.63) is 0 Å². The number of rotatable bonds is 3. The van der Waals surface area contributed by atoms with E-state index in [2.05, 4.69) is 0 Å². The monoisotopic (exact) mass is 298 g/mol. The molecule has 116 valence electrons. The lowest BCUT2D eigenvalue weighted by atomic mass is 10.0. The van der Waals surface area contributed by atoms with Crippen LogP contribution in [0, 0.1) is 0 Å². The van der Waals surface area contributed by atoms with Gasteiger partial charge in [0.25, 0.3) is 0 Å². The molecule has 0 saturated carbocycles. The van der Waals surface area contributed by atoms with Gasteiger partial charge in [-0.2, -0.15) is 13.2 Å². The van der Waals surface area contributed by atoms with Crippen LogP contribution in [0.2, 0.25) is 0 Å². The van der Waals surface area contributed by atoms with Crippen molar-refractivity contribution in [1.29, 1.82) is 0 Å². The second kappa shape index (κ2) is 5.86. The fourth-order valence-corrected chi connectivity index (χ4v) is 1.85. The van der Waals surface area contributed by atoms with Crippen LogP contribution in [-0.2, 0) is 9.53 Å². The predicted octanol–water partition coefficient (Wildman–Crippen LogP) is 1.21. The molecule has 9 heteroatoms. The summed E-state index contributed by atoms with van der Waals surface area (Å²) in [5, 5.41) is 10.3. The molecule has 0 aromatic carbocycles. The second-order valence-corrected chi connectivity index (χ2v) is 4.80. The Labute approximate surface area is 113 Å². The Morgan fingerprint density at radius 3 is 2.45 bits per heavy atom. The molecule has 0 bridgehead atoms. The third-order valence-electron chi connectivity index (χ3n) is 3.35. The minimum Gasteiger partial charge on any atom is -0.479 e. The molecule has 1 aliphatic rings. The van der Waals surface area contributed by atoms with E-state index in [0.717, 1.165) is 4.90 Å². The zero-order chi connectivity index (χ0) is 15.6. The number of likely N-dealkylation sites (tertiary alicyclic amines) is 1. The summed E-state index contributed by atoms with van der Waals surface area (Å²) in [6, 6.07) is -1.06. The highest BCUT2D eigenvalue weighted by atomic mass is 19.4. The van der Waals surface area contributed by atoms with Crippen molar-refractivity contribution >= 4 is 12.0 Å². The van der Waals surface area contributed by atoms with Gasteiger partial charge in [-0.15, -0.1) is 0 Å². The normalized spacial score (nSPS) is 23.1. The van der Waals surface area contributed by atoms with Gasteiger partial charge in [-0.3, -0.25) is 0 Å². The van der Waals surface area contributed by atoms with Gasteiger partial charge in [0.1, 0.15) is 0 Å². The number of hydrogen-bond acceptors (Lipinski definition) is 3. The molecule has 1 rings (SSSR count). The molecule has 2 amide bonds. The van der Waals surface area contributed by atoms with Crippen molar-refractivity contribution in [3.63, 3.8) is 0 Å². The Morgan fingerprint density at radius 1 is 1.40 bits per heavy atom. The summed E-state index contributed by atoms with van der Waals surface area (Å²) in [4.78, 5) is 23.8. The average Bonchev–Trinajstić information content (AvgIpc) is 2.37. The van der Waals surface area contributed by atoms with Crippen LogP contribution in [0.15, 0.2) is 0 Å². The largest absolute Gasteiger partial charge is 0.479 e. The zero-order valence-corrected chi connectivity index (χ0v) is 11.2. The van der Waals surface area contributed by atoms with Gasteiger partial charge in [0, 0.05) is 20.2 Å². The van der Waals surface area contributed by atoms with Gasteiger partial charge in [0.15, 0.2) is 0 Å². The van der Waals surface area contributed by atoms with E-state index in [9.17, 15) is 22.8 Å². The molecule has 20 heavy (non-hydrogen) atoms. The van der Waals surface area contributed by atoms with Crippen LogP contribution in [-0.4, -0.2) is 60.0 Å². The van der Waals surface area contributed by atoms with E-state index in [1.54, 1.807) is 5.32 Å². The number of carbonyl (C=O) groups is 2. The number of piperidine rings is 1. The maximum atomic E-state index is 12.8. The van der Waals surface area contributed by atoms with Gasteiger partial charge < -0.3 is 20.1 Å². The summed E-state index contributed by atoms with van der Waals surface area (Å²) in [5.74, 6) is -2.15. The van der Waals surface area contributed by atoms with Gasteiger partial charge in [-0.1, -0.05) is 0 Å². The lowest BCUT2D eigenvalue weighted by Crippen LogP contribution is -2.64. The zero-order valence-electron chi connectivity index (χ0n) is 11.2. The van der Waals surface area contributed by atoms with Crippen LogP contribution < -0.4 is 5.32 Å². The highest BCUT2D eigenvalue weighted by Gasteiger charge is 2.58. The maximum Gasteiger partial charge on any atom is 0.422 e. The van der Waals surface area contributed by atoms with Gasteiger partial charge in [0.05, 0.1) is 6.10 Å². The molecule has 0 radical (unpaired) electrons. The molecule has 1 saturated heterocycles. The second-order valence-electron chi connectivity index (χ2n) is 4.80. The Kier molecular flexibility index (Phi) is 4.85. The number of amides is 2. The summed E-state index contributed by atoms with van der Waals surface area (Å²) < 4.78 is 43.4. The summed E-state index contributed by atoms with van der Waals surface area (Å²) in [5.41, 5.74) is -3.32. The molecule has 1 heterocycles. The lowest BCUT2D eigenvalue weighted by molar-refractivity contribution is -0.203. The van der Waals surface area contributed by atoms with Crippen molar-refractivity contribution in [3.8, 4) is 0 Å². The van der Waals surface area contributed by atoms with Crippen molar-refractivity contribution in [2.45, 2.75) is 37.6 Å². The molecule has 2 unspecified atom stereocenters. The van der Waals surface area contributed by atoms with Crippen molar-refractivity contribution in [2.24, 2.45) is 0 Å². The van der Waals surface area contributed by atoms with E-state index in [4.69, 9.17) is 9.84 Å². The number of nitrogens with one attached hydrogen (secondary N) is 1.